The van der Waals surface area contributed by atoms with Gasteiger partial charge in [0.1, 0.15) is 12.7 Å². The summed E-state index contributed by atoms with van der Waals surface area (Å²) in [5.41, 5.74) is 2.18. The van der Waals surface area contributed by atoms with Gasteiger partial charge in [-0.3, -0.25) is 4.99 Å². The van der Waals surface area contributed by atoms with Crippen LogP contribution in [0.2, 0.25) is 0 Å². The molecule has 0 saturated heterocycles. The lowest BCUT2D eigenvalue weighted by molar-refractivity contribution is 0.664. The van der Waals surface area contributed by atoms with Crippen LogP contribution in [-0.2, 0) is 6.54 Å². The molecule has 1 aromatic heterocycles. The van der Waals surface area contributed by atoms with E-state index in [0.717, 1.165) is 24.7 Å². The Bertz CT molecular complexity index is 625. The van der Waals surface area contributed by atoms with Crippen LogP contribution in [0, 0.1) is 0 Å². The topological polar surface area (TPSA) is 67.1 Å². The smallest absolute Gasteiger partial charge is 0.191 e. The highest BCUT2D eigenvalue weighted by molar-refractivity contribution is 14.0. The van der Waals surface area contributed by atoms with Crippen LogP contribution in [0.3, 0.4) is 0 Å². The van der Waals surface area contributed by atoms with Crippen molar-refractivity contribution in [2.75, 3.05) is 19.8 Å². The minimum atomic E-state index is 0. The van der Waals surface area contributed by atoms with Crippen molar-refractivity contribution in [3.63, 3.8) is 0 Å². The molecule has 0 aliphatic carbocycles. The fraction of sp³-hybridized carbons (Fsp3) is 0.438. The molecule has 0 bridgehead atoms. The maximum atomic E-state index is 4.26. The molecule has 2 rings (SSSR count). The minimum absolute atomic E-state index is 0. The predicted octanol–water partition coefficient (Wildman–Crippen LogP) is 2.69. The minimum Gasteiger partial charge on any atom is -0.355 e. The second-order valence-electron chi connectivity index (χ2n) is 5.75. The monoisotopic (exact) mass is 460 g/mol. The van der Waals surface area contributed by atoms with Crippen LogP contribution in [0.1, 0.15) is 19.4 Å². The Hall–Kier alpha value is -1.29. The van der Waals surface area contributed by atoms with Gasteiger partial charge in [0.25, 0.3) is 0 Å². The van der Waals surface area contributed by atoms with Crippen molar-refractivity contribution in [2.24, 2.45) is 4.99 Å². The van der Waals surface area contributed by atoms with Gasteiger partial charge in [0.2, 0.25) is 0 Å². The zero-order valence-electron chi connectivity index (χ0n) is 14.5. The lowest BCUT2D eigenvalue weighted by atomic mass is 10.2. The number of aromatic nitrogens is 3. The highest BCUT2D eigenvalue weighted by atomic mass is 127. The van der Waals surface area contributed by atoms with E-state index >= 15 is 0 Å². The summed E-state index contributed by atoms with van der Waals surface area (Å²) in [6, 6.07) is 8.20. The number of halogens is 1. The van der Waals surface area contributed by atoms with Crippen LogP contribution in [-0.4, -0.2) is 45.3 Å². The normalized spacial score (nSPS) is 11.8. The van der Waals surface area contributed by atoms with Crippen LogP contribution >= 0.6 is 35.7 Å². The molecule has 2 N–H and O–H groups in total. The maximum Gasteiger partial charge on any atom is 0.191 e. The molecule has 6 nitrogen and oxygen atoms in total. The summed E-state index contributed by atoms with van der Waals surface area (Å²) < 4.78 is 1.92. The Morgan fingerprint density at radius 1 is 1.25 bits per heavy atom. The molecule has 8 heteroatoms. The van der Waals surface area contributed by atoms with E-state index in [2.05, 4.69) is 57.9 Å². The van der Waals surface area contributed by atoms with Gasteiger partial charge in [-0.1, -0.05) is 12.1 Å². The molecule has 0 fully saturated rings. The van der Waals surface area contributed by atoms with Crippen molar-refractivity contribution in [3.8, 4) is 5.69 Å². The molecule has 0 unspecified atom stereocenters. The van der Waals surface area contributed by atoms with Gasteiger partial charge in [-0.25, -0.2) is 9.67 Å². The maximum absolute atomic E-state index is 4.26. The molecule has 0 atom stereocenters. The number of nitrogens with one attached hydrogen (secondary N) is 2. The third-order valence-corrected chi connectivity index (χ3v) is 4.79. The highest BCUT2D eigenvalue weighted by Gasteiger charge is 2.15. The van der Waals surface area contributed by atoms with Crippen LogP contribution in [0.4, 0.5) is 0 Å². The molecule has 0 aliphatic heterocycles. The number of hydrogen-bond donors (Lipinski definition) is 2. The van der Waals surface area contributed by atoms with Gasteiger partial charge in [-0.05, 0) is 37.8 Å². The predicted molar refractivity (Wildman–Crippen MR) is 113 cm³/mol. The Labute approximate surface area is 164 Å². The van der Waals surface area contributed by atoms with Gasteiger partial charge in [-0.15, -0.1) is 24.0 Å². The van der Waals surface area contributed by atoms with Gasteiger partial charge in [0, 0.05) is 24.9 Å². The Balaban J connectivity index is 0.00000288. The van der Waals surface area contributed by atoms with E-state index in [1.165, 1.54) is 11.9 Å². The number of guanidine groups is 1. The van der Waals surface area contributed by atoms with E-state index in [1.54, 1.807) is 18.1 Å². The zero-order valence-corrected chi connectivity index (χ0v) is 17.6. The Morgan fingerprint density at radius 3 is 2.50 bits per heavy atom. The summed E-state index contributed by atoms with van der Waals surface area (Å²) in [5.74, 6) is 0.812. The number of benzene rings is 1. The summed E-state index contributed by atoms with van der Waals surface area (Å²) in [4.78, 5) is 8.21. The quantitative estimate of drug-likeness (QED) is 0.394. The fourth-order valence-electron chi connectivity index (χ4n) is 1.88. The van der Waals surface area contributed by atoms with Crippen molar-refractivity contribution in [2.45, 2.75) is 25.1 Å². The summed E-state index contributed by atoms with van der Waals surface area (Å²) >= 11 is 1.84. The third kappa shape index (κ3) is 6.31. The molecule has 1 heterocycles. The molecular formula is C16H25IN6S. The van der Waals surface area contributed by atoms with Crippen molar-refractivity contribution in [1.29, 1.82) is 0 Å². The van der Waals surface area contributed by atoms with Gasteiger partial charge in [0.05, 0.1) is 5.69 Å². The average molecular weight is 460 g/mol. The van der Waals surface area contributed by atoms with Crippen molar-refractivity contribution in [1.82, 2.24) is 25.4 Å². The number of thioether (sulfide) groups is 1. The van der Waals surface area contributed by atoms with E-state index in [0.29, 0.717) is 0 Å². The molecule has 0 spiro atoms. The SMILES string of the molecule is CN=C(NCc1ccc(-n2cncn2)cc1)NCC(C)(C)SC.I. The number of nitrogens with zero attached hydrogens (tertiary/aromatic N) is 4. The number of aliphatic imine (C=N–C) groups is 1. The molecule has 1 aromatic carbocycles. The van der Waals surface area contributed by atoms with Crippen molar-refractivity contribution in [3.05, 3.63) is 42.5 Å². The molecule has 0 amide bonds. The van der Waals surface area contributed by atoms with E-state index in [-0.39, 0.29) is 28.7 Å². The molecule has 2 aromatic rings. The number of rotatable bonds is 6. The van der Waals surface area contributed by atoms with E-state index in [1.807, 2.05) is 23.9 Å². The van der Waals surface area contributed by atoms with Crippen LogP contribution in [0.5, 0.6) is 0 Å². The third-order valence-electron chi connectivity index (χ3n) is 3.54. The first-order chi connectivity index (χ1) is 11.0. The summed E-state index contributed by atoms with van der Waals surface area (Å²) in [5, 5.41) is 10.8. The first-order valence-corrected chi connectivity index (χ1v) is 8.70. The molecule has 0 radical (unpaired) electrons. The fourth-order valence-corrected chi connectivity index (χ4v) is 2.10. The van der Waals surface area contributed by atoms with Gasteiger partial charge in [0.15, 0.2) is 5.96 Å². The second kappa shape index (κ2) is 9.87. The highest BCUT2D eigenvalue weighted by Crippen LogP contribution is 2.19. The van der Waals surface area contributed by atoms with Gasteiger partial charge in [-0.2, -0.15) is 16.9 Å². The molecule has 24 heavy (non-hydrogen) atoms. The molecular weight excluding hydrogens is 435 g/mol. The molecule has 0 aliphatic rings. The van der Waals surface area contributed by atoms with E-state index < -0.39 is 0 Å². The molecule has 0 saturated carbocycles. The standard InChI is InChI=1S/C16H24N6S.HI/c1-16(2,23-4)10-20-15(17-3)19-9-13-5-7-14(8-6-13)22-12-18-11-21-22;/h5-8,11-12H,9-10H2,1-4H3,(H2,17,19,20);1H. The van der Waals surface area contributed by atoms with Crippen molar-refractivity contribution >= 4 is 41.7 Å². The largest absolute Gasteiger partial charge is 0.355 e. The lowest BCUT2D eigenvalue weighted by Gasteiger charge is -2.23. The van der Waals surface area contributed by atoms with Gasteiger partial charge < -0.3 is 10.6 Å². The summed E-state index contributed by atoms with van der Waals surface area (Å²) in [6.45, 7) is 6.00. The van der Waals surface area contributed by atoms with Crippen LogP contribution in [0.25, 0.3) is 5.69 Å². The number of hydrogen-bond acceptors (Lipinski definition) is 4. The first-order valence-electron chi connectivity index (χ1n) is 7.48. The first kappa shape index (κ1) is 20.8. The molecule has 132 valence electrons. The van der Waals surface area contributed by atoms with Gasteiger partial charge >= 0.3 is 0 Å². The van der Waals surface area contributed by atoms with E-state index in [9.17, 15) is 0 Å². The van der Waals surface area contributed by atoms with Crippen molar-refractivity contribution < 1.29 is 0 Å². The Morgan fingerprint density at radius 2 is 1.96 bits per heavy atom. The summed E-state index contributed by atoms with van der Waals surface area (Å²) in [7, 11) is 1.79. The average Bonchev–Trinajstić information content (AvgIpc) is 3.10. The summed E-state index contributed by atoms with van der Waals surface area (Å²) in [6.07, 6.45) is 5.34. The van der Waals surface area contributed by atoms with E-state index in [4.69, 9.17) is 0 Å². The lowest BCUT2D eigenvalue weighted by Crippen LogP contribution is -2.42. The van der Waals surface area contributed by atoms with Crippen LogP contribution < -0.4 is 10.6 Å². The zero-order chi connectivity index (χ0) is 16.7. The second-order valence-corrected chi connectivity index (χ2v) is 7.26. The van der Waals surface area contributed by atoms with Crippen LogP contribution in [0.15, 0.2) is 41.9 Å². The Kier molecular flexibility index (Phi) is 8.54.